The lowest BCUT2D eigenvalue weighted by Crippen LogP contribution is -2.53. The summed E-state index contributed by atoms with van der Waals surface area (Å²) in [5.74, 6) is -1.77. The van der Waals surface area contributed by atoms with E-state index in [0.29, 0.717) is 0 Å². The first-order valence-corrected chi connectivity index (χ1v) is 6.53. The Labute approximate surface area is 126 Å². The first-order chi connectivity index (χ1) is 10.3. The third-order valence-corrected chi connectivity index (χ3v) is 2.77. The highest BCUT2D eigenvalue weighted by Gasteiger charge is 2.43. The molecule has 1 aliphatic heterocycles. The second kappa shape index (κ2) is 8.26. The van der Waals surface area contributed by atoms with Crippen LogP contribution in [-0.2, 0) is 38.1 Å². The number of ether oxygens (including phenoxy) is 4. The van der Waals surface area contributed by atoms with Gasteiger partial charge in [-0.2, -0.15) is 4.99 Å². The molecule has 1 saturated heterocycles. The zero-order valence-electron chi connectivity index (χ0n) is 12.4. The summed E-state index contributed by atoms with van der Waals surface area (Å²) < 4.78 is 20.5. The van der Waals surface area contributed by atoms with Gasteiger partial charge in [0.15, 0.2) is 12.3 Å². The van der Waals surface area contributed by atoms with Gasteiger partial charge in [0.25, 0.3) is 0 Å². The highest BCUT2D eigenvalue weighted by molar-refractivity contribution is 5.67. The Morgan fingerprint density at radius 2 is 1.77 bits per heavy atom. The lowest BCUT2D eigenvalue weighted by molar-refractivity contribution is -0.213. The third kappa shape index (κ3) is 5.63. The maximum Gasteiger partial charge on any atom is 0.303 e. The van der Waals surface area contributed by atoms with Crippen LogP contribution in [0.25, 0.3) is 0 Å². The Balaban J connectivity index is 2.96. The minimum Gasteiger partial charge on any atom is -0.463 e. The van der Waals surface area contributed by atoms with Crippen LogP contribution in [0.3, 0.4) is 0 Å². The molecule has 0 aromatic carbocycles. The molecule has 4 atom stereocenters. The van der Waals surface area contributed by atoms with Gasteiger partial charge in [-0.15, -0.1) is 0 Å². The van der Waals surface area contributed by atoms with Crippen LogP contribution in [0.2, 0.25) is 0 Å². The Hall–Kier alpha value is -2.25. The molecule has 1 rings (SSSR count). The van der Waals surface area contributed by atoms with Crippen molar-refractivity contribution in [3.05, 3.63) is 0 Å². The van der Waals surface area contributed by atoms with Crippen molar-refractivity contribution in [3.8, 4) is 0 Å². The minimum absolute atomic E-state index is 0.0172. The number of nitrogens with zero attached hydrogens (tertiary/aromatic N) is 1. The second-order valence-electron chi connectivity index (χ2n) is 4.61. The molecule has 0 aromatic heterocycles. The summed E-state index contributed by atoms with van der Waals surface area (Å²) in [6.45, 7) is 3.34. The van der Waals surface area contributed by atoms with E-state index in [9.17, 15) is 19.2 Å². The maximum atomic E-state index is 11.2. The van der Waals surface area contributed by atoms with Crippen molar-refractivity contribution in [2.45, 2.75) is 51.7 Å². The van der Waals surface area contributed by atoms with Crippen molar-refractivity contribution in [3.63, 3.8) is 0 Å². The molecule has 1 unspecified atom stereocenters. The molecule has 9 nitrogen and oxygen atoms in total. The first kappa shape index (κ1) is 17.8. The molecular formula is C13H17NO8. The predicted octanol–water partition coefficient (Wildman–Crippen LogP) is -0.136. The van der Waals surface area contributed by atoms with Crippen molar-refractivity contribution < 1.29 is 38.1 Å². The number of carbonyl (C=O) groups excluding carboxylic acids is 4. The topological polar surface area (TPSA) is 118 Å². The van der Waals surface area contributed by atoms with Crippen LogP contribution in [0, 0.1) is 0 Å². The van der Waals surface area contributed by atoms with Crippen molar-refractivity contribution in [1.29, 1.82) is 0 Å². The standard InChI is InChI=1S/C13H17NO8/c1-7(16)19-5-11-13(21-9(3)18)10(20-8(2)17)4-12(22-11)14-6-15/h10-13H,4-5H2,1-3H3/t10-,11-,12?,13+/m1/s1. The average Bonchev–Trinajstić information content (AvgIpc) is 2.38. The summed E-state index contributed by atoms with van der Waals surface area (Å²) in [4.78, 5) is 47.1. The zero-order chi connectivity index (χ0) is 16.7. The van der Waals surface area contributed by atoms with Gasteiger partial charge < -0.3 is 18.9 Å². The summed E-state index contributed by atoms with van der Waals surface area (Å²) in [6, 6.07) is 0. The van der Waals surface area contributed by atoms with Crippen molar-refractivity contribution in [1.82, 2.24) is 0 Å². The number of esters is 3. The highest BCUT2D eigenvalue weighted by Crippen LogP contribution is 2.26. The van der Waals surface area contributed by atoms with Gasteiger partial charge in [-0.1, -0.05) is 0 Å². The fraction of sp³-hybridized carbons (Fsp3) is 0.692. The molecule has 1 fully saturated rings. The highest BCUT2D eigenvalue weighted by atomic mass is 16.6. The van der Waals surface area contributed by atoms with E-state index in [0.717, 1.165) is 0 Å². The number of aliphatic imine (C=N–C) groups is 1. The molecule has 9 heteroatoms. The van der Waals surface area contributed by atoms with Crippen LogP contribution in [0.4, 0.5) is 0 Å². The molecule has 0 saturated carbocycles. The first-order valence-electron chi connectivity index (χ1n) is 6.53. The Bertz CT molecular complexity index is 484. The van der Waals surface area contributed by atoms with E-state index in [-0.39, 0.29) is 13.0 Å². The van der Waals surface area contributed by atoms with Gasteiger partial charge in [0, 0.05) is 27.2 Å². The quantitative estimate of drug-likeness (QED) is 0.298. The Morgan fingerprint density at radius 3 is 2.27 bits per heavy atom. The van der Waals surface area contributed by atoms with Gasteiger partial charge in [-0.05, 0) is 0 Å². The normalized spacial score (nSPS) is 27.2. The van der Waals surface area contributed by atoms with Crippen LogP contribution in [0.15, 0.2) is 4.99 Å². The summed E-state index contributed by atoms with van der Waals surface area (Å²) in [6.07, 6.45) is -2.35. The largest absolute Gasteiger partial charge is 0.463 e. The molecule has 0 aliphatic carbocycles. The summed E-state index contributed by atoms with van der Waals surface area (Å²) in [5.41, 5.74) is 0. The van der Waals surface area contributed by atoms with Crippen molar-refractivity contribution in [2.75, 3.05) is 6.61 Å². The second-order valence-corrected chi connectivity index (χ2v) is 4.61. The SMILES string of the molecule is CC(=O)OC[C@H]1OC(N=C=O)C[C@@H](OC(C)=O)[C@@H]1OC(C)=O. The Kier molecular flexibility index (Phi) is 6.68. The maximum absolute atomic E-state index is 11.2. The molecule has 0 bridgehead atoms. The van der Waals surface area contributed by atoms with Crippen molar-refractivity contribution >= 4 is 24.0 Å². The average molecular weight is 315 g/mol. The Morgan fingerprint density at radius 1 is 1.14 bits per heavy atom. The van der Waals surface area contributed by atoms with E-state index >= 15 is 0 Å². The third-order valence-electron chi connectivity index (χ3n) is 2.77. The van der Waals surface area contributed by atoms with Crippen LogP contribution < -0.4 is 0 Å². The zero-order valence-corrected chi connectivity index (χ0v) is 12.4. The molecule has 0 spiro atoms. The van der Waals surface area contributed by atoms with Crippen LogP contribution in [-0.4, -0.2) is 55.1 Å². The molecule has 0 radical (unpaired) electrons. The van der Waals surface area contributed by atoms with Gasteiger partial charge in [0.1, 0.15) is 18.8 Å². The molecule has 1 aliphatic rings. The van der Waals surface area contributed by atoms with Gasteiger partial charge in [0.2, 0.25) is 6.08 Å². The lowest BCUT2D eigenvalue weighted by atomic mass is 10.0. The van der Waals surface area contributed by atoms with Gasteiger partial charge >= 0.3 is 17.9 Å². The number of rotatable bonds is 5. The van der Waals surface area contributed by atoms with Gasteiger partial charge in [0.05, 0.1) is 0 Å². The van der Waals surface area contributed by atoms with E-state index in [1.165, 1.54) is 26.9 Å². The molecule has 1 heterocycles. The smallest absolute Gasteiger partial charge is 0.303 e. The minimum atomic E-state index is -0.973. The molecular weight excluding hydrogens is 298 g/mol. The summed E-state index contributed by atoms with van der Waals surface area (Å²) in [5, 5.41) is 0. The van der Waals surface area contributed by atoms with Crippen LogP contribution >= 0.6 is 0 Å². The van der Waals surface area contributed by atoms with Crippen molar-refractivity contribution in [2.24, 2.45) is 4.99 Å². The number of carbonyl (C=O) groups is 3. The van der Waals surface area contributed by atoms with E-state index < -0.39 is 42.4 Å². The molecule has 0 N–H and O–H groups in total. The molecule has 22 heavy (non-hydrogen) atoms. The monoisotopic (exact) mass is 315 g/mol. The van der Waals surface area contributed by atoms with Crippen LogP contribution in [0.1, 0.15) is 27.2 Å². The van der Waals surface area contributed by atoms with Gasteiger partial charge in [-0.3, -0.25) is 14.4 Å². The molecule has 122 valence electrons. The number of hydrogen-bond donors (Lipinski definition) is 0. The van der Waals surface area contributed by atoms with E-state index in [1.54, 1.807) is 0 Å². The summed E-state index contributed by atoms with van der Waals surface area (Å²) in [7, 11) is 0. The predicted molar refractivity (Wildman–Crippen MR) is 69.1 cm³/mol. The fourth-order valence-electron chi connectivity index (χ4n) is 2.05. The number of hydrogen-bond acceptors (Lipinski definition) is 9. The molecule has 0 aromatic rings. The van der Waals surface area contributed by atoms with E-state index in [2.05, 4.69) is 4.99 Å². The van der Waals surface area contributed by atoms with E-state index in [4.69, 9.17) is 18.9 Å². The summed E-state index contributed by atoms with van der Waals surface area (Å²) >= 11 is 0. The molecule has 0 amide bonds. The fourth-order valence-corrected chi connectivity index (χ4v) is 2.05. The van der Waals surface area contributed by atoms with Gasteiger partial charge in [-0.25, -0.2) is 4.79 Å². The van der Waals surface area contributed by atoms with E-state index in [1.807, 2.05) is 0 Å². The lowest BCUT2D eigenvalue weighted by Gasteiger charge is -2.38. The number of isocyanates is 1. The van der Waals surface area contributed by atoms with Crippen LogP contribution in [0.5, 0.6) is 0 Å².